The molecule has 0 saturated heterocycles. The van der Waals surface area contributed by atoms with E-state index in [1.54, 1.807) is 18.2 Å². The number of anilines is 2. The van der Waals surface area contributed by atoms with E-state index in [-0.39, 0.29) is 0 Å². The van der Waals surface area contributed by atoms with Crippen LogP contribution in [0.4, 0.5) is 10.7 Å². The molecule has 1 aliphatic carbocycles. The van der Waals surface area contributed by atoms with E-state index < -0.39 is 24.4 Å². The van der Waals surface area contributed by atoms with Crippen molar-refractivity contribution in [2.45, 2.75) is 26.2 Å². The van der Waals surface area contributed by atoms with Gasteiger partial charge in [-0.25, -0.2) is 4.79 Å². The predicted octanol–water partition coefficient (Wildman–Crippen LogP) is 2.83. The summed E-state index contributed by atoms with van der Waals surface area (Å²) in [5.41, 5.74) is 8.10. The molecule has 1 aromatic carbocycles. The Morgan fingerprint density at radius 3 is 2.76 bits per heavy atom. The van der Waals surface area contributed by atoms with Crippen LogP contribution in [-0.4, -0.2) is 38.5 Å². The number of nitrogens with one attached hydrogen (secondary N) is 1. The Kier molecular flexibility index (Phi) is 6.22. The molecule has 0 radical (unpaired) electrons. The van der Waals surface area contributed by atoms with Crippen LogP contribution >= 0.6 is 11.3 Å². The van der Waals surface area contributed by atoms with Gasteiger partial charge >= 0.3 is 5.97 Å². The number of primary amides is 1. The average molecular weight is 416 g/mol. The maximum Gasteiger partial charge on any atom is 0.338 e. The lowest BCUT2D eigenvalue weighted by molar-refractivity contribution is -0.119. The van der Waals surface area contributed by atoms with E-state index >= 15 is 0 Å². The first-order valence-electron chi connectivity index (χ1n) is 9.45. The Bertz CT molecular complexity index is 951. The lowest BCUT2D eigenvalue weighted by Crippen LogP contribution is -2.23. The van der Waals surface area contributed by atoms with Gasteiger partial charge in [-0.05, 0) is 48.9 Å². The summed E-state index contributed by atoms with van der Waals surface area (Å²) in [5.74, 6) is -1.11. The zero-order valence-corrected chi connectivity index (χ0v) is 17.6. The SMILES string of the molecule is C[C@H]1CCc2c(sc(NC(=O)COC(=O)c3cccc(N(C)C)c3)c2C(N)=O)C1. The van der Waals surface area contributed by atoms with Crippen LogP contribution < -0.4 is 16.0 Å². The molecule has 1 atom stereocenters. The highest BCUT2D eigenvalue weighted by molar-refractivity contribution is 7.17. The fourth-order valence-electron chi connectivity index (χ4n) is 3.39. The molecule has 2 amide bonds. The minimum atomic E-state index is -0.585. The van der Waals surface area contributed by atoms with Gasteiger partial charge in [-0.1, -0.05) is 13.0 Å². The van der Waals surface area contributed by atoms with Gasteiger partial charge in [0.2, 0.25) is 0 Å². The molecule has 0 bridgehead atoms. The number of carbonyl (C=O) groups is 3. The topological polar surface area (TPSA) is 102 Å². The normalized spacial score (nSPS) is 15.3. The number of ether oxygens (including phenoxy) is 1. The summed E-state index contributed by atoms with van der Waals surface area (Å²) in [4.78, 5) is 39.5. The molecule has 0 unspecified atom stereocenters. The third-order valence-corrected chi connectivity index (χ3v) is 6.11. The largest absolute Gasteiger partial charge is 0.452 e. The number of hydrogen-bond donors (Lipinski definition) is 2. The smallest absolute Gasteiger partial charge is 0.338 e. The number of amides is 2. The van der Waals surface area contributed by atoms with E-state index in [0.717, 1.165) is 35.4 Å². The Morgan fingerprint density at radius 2 is 2.07 bits per heavy atom. The number of carbonyl (C=O) groups excluding carboxylic acids is 3. The number of nitrogens with zero attached hydrogens (tertiary/aromatic N) is 1. The van der Waals surface area contributed by atoms with Gasteiger partial charge in [0, 0.05) is 24.7 Å². The van der Waals surface area contributed by atoms with Crippen LogP contribution in [-0.2, 0) is 22.4 Å². The number of hydrogen-bond acceptors (Lipinski definition) is 6. The van der Waals surface area contributed by atoms with Crippen molar-refractivity contribution in [3.63, 3.8) is 0 Å². The number of esters is 1. The molecule has 1 heterocycles. The molecular weight excluding hydrogens is 390 g/mol. The van der Waals surface area contributed by atoms with Gasteiger partial charge in [-0.2, -0.15) is 0 Å². The zero-order chi connectivity index (χ0) is 21.1. The molecular formula is C21H25N3O4S. The quantitative estimate of drug-likeness (QED) is 0.707. The van der Waals surface area contributed by atoms with Crippen molar-refractivity contribution in [1.82, 2.24) is 0 Å². The standard InChI is InChI=1S/C21H25N3O4S/c1-12-7-8-15-16(9-12)29-20(18(15)19(22)26)23-17(25)11-28-21(27)13-5-4-6-14(10-13)24(2)3/h4-6,10,12H,7-9,11H2,1-3H3,(H2,22,26)(H,23,25)/t12-/m0/s1. The van der Waals surface area contributed by atoms with Crippen molar-refractivity contribution in [3.8, 4) is 0 Å². The predicted molar refractivity (Wildman–Crippen MR) is 114 cm³/mol. The first kappa shape index (κ1) is 20.9. The molecule has 3 N–H and O–H groups in total. The molecule has 0 aliphatic heterocycles. The van der Waals surface area contributed by atoms with Crippen molar-refractivity contribution >= 4 is 39.8 Å². The summed E-state index contributed by atoms with van der Waals surface area (Å²) in [6, 6.07) is 6.95. The van der Waals surface area contributed by atoms with Crippen LogP contribution in [0, 0.1) is 5.92 Å². The molecule has 154 valence electrons. The van der Waals surface area contributed by atoms with E-state index in [0.29, 0.717) is 22.0 Å². The number of nitrogens with two attached hydrogens (primary N) is 1. The maximum absolute atomic E-state index is 12.3. The second-order valence-electron chi connectivity index (χ2n) is 7.49. The molecule has 0 fully saturated rings. The van der Waals surface area contributed by atoms with Gasteiger partial charge < -0.3 is 20.7 Å². The Hall–Kier alpha value is -2.87. The zero-order valence-electron chi connectivity index (χ0n) is 16.8. The lowest BCUT2D eigenvalue weighted by atomic mass is 9.88. The molecule has 0 spiro atoms. The van der Waals surface area contributed by atoms with Crippen LogP contribution in [0.2, 0.25) is 0 Å². The van der Waals surface area contributed by atoms with Crippen molar-refractivity contribution in [1.29, 1.82) is 0 Å². The monoisotopic (exact) mass is 415 g/mol. The van der Waals surface area contributed by atoms with E-state index in [2.05, 4.69) is 12.2 Å². The maximum atomic E-state index is 12.3. The van der Waals surface area contributed by atoms with Crippen molar-refractivity contribution in [3.05, 3.63) is 45.8 Å². The summed E-state index contributed by atoms with van der Waals surface area (Å²) in [5, 5.41) is 3.13. The summed E-state index contributed by atoms with van der Waals surface area (Å²) < 4.78 is 5.14. The van der Waals surface area contributed by atoms with Crippen LogP contribution in [0.1, 0.15) is 44.5 Å². The van der Waals surface area contributed by atoms with Crippen LogP contribution in [0.25, 0.3) is 0 Å². The van der Waals surface area contributed by atoms with Gasteiger partial charge in [0.05, 0.1) is 11.1 Å². The van der Waals surface area contributed by atoms with Crippen molar-refractivity contribution in [2.75, 3.05) is 30.9 Å². The minimum Gasteiger partial charge on any atom is -0.452 e. The summed E-state index contributed by atoms with van der Waals surface area (Å²) >= 11 is 1.38. The van der Waals surface area contributed by atoms with Gasteiger partial charge in [-0.15, -0.1) is 11.3 Å². The van der Waals surface area contributed by atoms with Crippen molar-refractivity contribution in [2.24, 2.45) is 11.7 Å². The molecule has 0 saturated carbocycles. The van der Waals surface area contributed by atoms with E-state index in [1.165, 1.54) is 11.3 Å². The highest BCUT2D eigenvalue weighted by Crippen LogP contribution is 2.39. The number of rotatable bonds is 6. The Labute approximate surface area is 173 Å². The second-order valence-corrected chi connectivity index (χ2v) is 8.59. The molecule has 7 nitrogen and oxygen atoms in total. The van der Waals surface area contributed by atoms with Gasteiger partial charge in [-0.3, -0.25) is 9.59 Å². The van der Waals surface area contributed by atoms with Crippen LogP contribution in [0.3, 0.4) is 0 Å². The Balaban J connectivity index is 1.66. The molecule has 29 heavy (non-hydrogen) atoms. The lowest BCUT2D eigenvalue weighted by Gasteiger charge is -2.18. The summed E-state index contributed by atoms with van der Waals surface area (Å²) in [6.07, 6.45) is 2.63. The highest BCUT2D eigenvalue weighted by atomic mass is 32.1. The highest BCUT2D eigenvalue weighted by Gasteiger charge is 2.27. The second kappa shape index (κ2) is 8.65. The van der Waals surface area contributed by atoms with Gasteiger partial charge in [0.1, 0.15) is 5.00 Å². The number of benzene rings is 1. The molecule has 3 rings (SSSR count). The number of fused-ring (bicyclic) bond motifs is 1. The van der Waals surface area contributed by atoms with E-state index in [9.17, 15) is 14.4 Å². The fraction of sp³-hybridized carbons (Fsp3) is 0.381. The van der Waals surface area contributed by atoms with Crippen molar-refractivity contribution < 1.29 is 19.1 Å². The average Bonchev–Trinajstić information content (AvgIpc) is 3.03. The summed E-state index contributed by atoms with van der Waals surface area (Å²) in [6.45, 7) is 1.72. The molecule has 1 aliphatic rings. The van der Waals surface area contributed by atoms with Crippen LogP contribution in [0.15, 0.2) is 24.3 Å². The van der Waals surface area contributed by atoms with Gasteiger partial charge in [0.25, 0.3) is 11.8 Å². The molecule has 2 aromatic rings. The Morgan fingerprint density at radius 1 is 1.31 bits per heavy atom. The molecule has 1 aromatic heterocycles. The van der Waals surface area contributed by atoms with Crippen LogP contribution in [0.5, 0.6) is 0 Å². The number of thiophene rings is 1. The third-order valence-electron chi connectivity index (χ3n) is 4.94. The first-order valence-corrected chi connectivity index (χ1v) is 10.3. The summed E-state index contributed by atoms with van der Waals surface area (Å²) in [7, 11) is 3.74. The molecule has 8 heteroatoms. The van der Waals surface area contributed by atoms with E-state index in [1.807, 2.05) is 25.1 Å². The minimum absolute atomic E-state index is 0.363. The fourth-order valence-corrected chi connectivity index (χ4v) is 4.82. The first-order chi connectivity index (χ1) is 13.8. The third kappa shape index (κ3) is 4.76. The van der Waals surface area contributed by atoms with E-state index in [4.69, 9.17) is 10.5 Å². The van der Waals surface area contributed by atoms with Gasteiger partial charge in [0.15, 0.2) is 6.61 Å².